The van der Waals surface area contributed by atoms with Crippen LogP contribution in [0, 0.1) is 0 Å². The number of ether oxygens (including phenoxy) is 1. The number of hydrogen-bond acceptors (Lipinski definition) is 2. The second-order valence-corrected chi connectivity index (χ2v) is 5.59. The fraction of sp³-hybridized carbons (Fsp3) is 0.400. The normalized spacial score (nSPS) is 14.5. The Balaban J connectivity index is 2.23. The van der Waals surface area contributed by atoms with Gasteiger partial charge in [0, 0.05) is 10.9 Å². The molecule has 1 aromatic carbocycles. The molecule has 0 aliphatic heterocycles. The minimum absolute atomic E-state index is 0.0446. The molecule has 108 valence electrons. The Morgan fingerprint density at radius 1 is 1.45 bits per heavy atom. The molecule has 1 aromatic rings. The van der Waals surface area contributed by atoms with Crippen molar-refractivity contribution in [2.45, 2.75) is 32.1 Å². The fourth-order valence-corrected chi connectivity index (χ4v) is 2.72. The second-order valence-electron chi connectivity index (χ2n) is 4.67. The van der Waals surface area contributed by atoms with E-state index in [1.807, 2.05) is 18.2 Å². The van der Waals surface area contributed by atoms with Gasteiger partial charge in [0.05, 0.1) is 6.61 Å². The maximum absolute atomic E-state index is 13.8. The summed E-state index contributed by atoms with van der Waals surface area (Å²) in [4.78, 5) is 11.3. The van der Waals surface area contributed by atoms with Crippen molar-refractivity contribution in [2.24, 2.45) is 0 Å². The molecular weight excluding hydrogens is 330 g/mol. The number of esters is 1. The number of benzene rings is 1. The summed E-state index contributed by atoms with van der Waals surface area (Å²) in [6.07, 6.45) is 2.70. The van der Waals surface area contributed by atoms with Crippen LogP contribution in [0.1, 0.15) is 30.9 Å². The molecular formula is C15H15BrF2O2. The van der Waals surface area contributed by atoms with Crippen molar-refractivity contribution in [3.8, 4) is 0 Å². The van der Waals surface area contributed by atoms with Gasteiger partial charge in [0.15, 0.2) is 0 Å². The van der Waals surface area contributed by atoms with Crippen molar-refractivity contribution in [1.29, 1.82) is 0 Å². The van der Waals surface area contributed by atoms with Crippen LogP contribution < -0.4 is 0 Å². The van der Waals surface area contributed by atoms with E-state index in [1.54, 1.807) is 6.08 Å². The molecule has 0 atom stereocenters. The molecule has 1 aliphatic carbocycles. The zero-order valence-electron chi connectivity index (χ0n) is 11.1. The van der Waals surface area contributed by atoms with Crippen LogP contribution in [0.25, 0.3) is 5.57 Å². The SMILES string of the molecule is CCOC(=O)C(F)(F)CC1=CCCc2cc(Br)ccc21. The van der Waals surface area contributed by atoms with Gasteiger partial charge in [-0.1, -0.05) is 28.1 Å². The first-order valence-electron chi connectivity index (χ1n) is 6.47. The van der Waals surface area contributed by atoms with Gasteiger partial charge < -0.3 is 4.74 Å². The summed E-state index contributed by atoms with van der Waals surface area (Å²) < 4.78 is 33.0. The highest BCUT2D eigenvalue weighted by Crippen LogP contribution is 2.36. The van der Waals surface area contributed by atoms with Crippen molar-refractivity contribution in [3.05, 3.63) is 39.9 Å². The summed E-state index contributed by atoms with van der Waals surface area (Å²) >= 11 is 3.37. The molecule has 0 spiro atoms. The van der Waals surface area contributed by atoms with Crippen LogP contribution in [0.15, 0.2) is 28.7 Å². The second kappa shape index (κ2) is 6.04. The van der Waals surface area contributed by atoms with Gasteiger partial charge in [-0.25, -0.2) is 4.79 Å². The lowest BCUT2D eigenvalue weighted by Gasteiger charge is -2.21. The van der Waals surface area contributed by atoms with E-state index in [0.29, 0.717) is 12.0 Å². The standard InChI is InChI=1S/C15H15BrF2O2/c1-2-20-14(19)15(17,18)9-11-5-3-4-10-8-12(16)6-7-13(10)11/h5-8H,2-4,9H2,1H3. The molecule has 2 rings (SSSR count). The first-order valence-corrected chi connectivity index (χ1v) is 7.26. The first kappa shape index (κ1) is 15.2. The Morgan fingerprint density at radius 2 is 2.20 bits per heavy atom. The van der Waals surface area contributed by atoms with E-state index in [0.717, 1.165) is 22.0 Å². The third-order valence-corrected chi connectivity index (χ3v) is 3.70. The Hall–Kier alpha value is -1.23. The van der Waals surface area contributed by atoms with E-state index in [1.165, 1.54) is 6.92 Å². The number of alkyl halides is 2. The zero-order chi connectivity index (χ0) is 14.8. The predicted molar refractivity (Wildman–Crippen MR) is 76.6 cm³/mol. The number of rotatable bonds is 4. The van der Waals surface area contributed by atoms with Gasteiger partial charge in [-0.15, -0.1) is 0 Å². The van der Waals surface area contributed by atoms with E-state index in [2.05, 4.69) is 20.7 Å². The molecule has 5 heteroatoms. The van der Waals surface area contributed by atoms with E-state index in [9.17, 15) is 13.6 Å². The Bertz CT molecular complexity index is 553. The van der Waals surface area contributed by atoms with Crippen molar-refractivity contribution >= 4 is 27.5 Å². The van der Waals surface area contributed by atoms with Gasteiger partial charge in [-0.2, -0.15) is 8.78 Å². The minimum Gasteiger partial charge on any atom is -0.462 e. The molecule has 20 heavy (non-hydrogen) atoms. The van der Waals surface area contributed by atoms with E-state index < -0.39 is 18.3 Å². The number of aryl methyl sites for hydroxylation is 1. The molecule has 0 saturated carbocycles. The highest BCUT2D eigenvalue weighted by Gasteiger charge is 2.41. The summed E-state index contributed by atoms with van der Waals surface area (Å²) in [6.45, 7) is 1.47. The average Bonchev–Trinajstić information content (AvgIpc) is 2.38. The molecule has 0 amide bonds. The quantitative estimate of drug-likeness (QED) is 0.758. The molecule has 2 nitrogen and oxygen atoms in total. The van der Waals surface area contributed by atoms with E-state index in [-0.39, 0.29) is 6.61 Å². The van der Waals surface area contributed by atoms with Gasteiger partial charge in [-0.05, 0) is 48.6 Å². The third kappa shape index (κ3) is 3.26. The minimum atomic E-state index is -3.48. The Morgan fingerprint density at radius 3 is 2.90 bits per heavy atom. The predicted octanol–water partition coefficient (Wildman–Crippen LogP) is 4.37. The number of fused-ring (bicyclic) bond motifs is 1. The van der Waals surface area contributed by atoms with Crippen LogP contribution in [-0.2, 0) is 16.0 Å². The maximum Gasteiger partial charge on any atom is 0.377 e. The molecule has 0 radical (unpaired) electrons. The van der Waals surface area contributed by atoms with Crippen LogP contribution in [-0.4, -0.2) is 18.5 Å². The molecule has 0 bridgehead atoms. The smallest absolute Gasteiger partial charge is 0.377 e. The number of carbonyl (C=O) groups excluding carboxylic acids is 1. The Labute approximate surface area is 124 Å². The largest absolute Gasteiger partial charge is 0.462 e. The highest BCUT2D eigenvalue weighted by molar-refractivity contribution is 9.10. The lowest BCUT2D eigenvalue weighted by Crippen LogP contribution is -2.31. The number of allylic oxidation sites excluding steroid dienone is 2. The average molecular weight is 345 g/mol. The summed E-state index contributed by atoms with van der Waals surface area (Å²) in [5, 5.41) is 0. The highest BCUT2D eigenvalue weighted by atomic mass is 79.9. The number of hydrogen-bond donors (Lipinski definition) is 0. The molecule has 0 aromatic heterocycles. The third-order valence-electron chi connectivity index (χ3n) is 3.20. The molecule has 0 heterocycles. The van der Waals surface area contributed by atoms with E-state index >= 15 is 0 Å². The van der Waals surface area contributed by atoms with Gasteiger partial charge in [0.2, 0.25) is 0 Å². The lowest BCUT2D eigenvalue weighted by atomic mass is 9.88. The topological polar surface area (TPSA) is 26.3 Å². The van der Waals surface area contributed by atoms with Crippen molar-refractivity contribution < 1.29 is 18.3 Å². The maximum atomic E-state index is 13.8. The lowest BCUT2D eigenvalue weighted by molar-refractivity contribution is -0.170. The van der Waals surface area contributed by atoms with Crippen LogP contribution in [0.4, 0.5) is 8.78 Å². The number of carbonyl (C=O) groups is 1. The van der Waals surface area contributed by atoms with Gasteiger partial charge in [-0.3, -0.25) is 0 Å². The van der Waals surface area contributed by atoms with Crippen LogP contribution >= 0.6 is 15.9 Å². The molecule has 0 N–H and O–H groups in total. The zero-order valence-corrected chi connectivity index (χ0v) is 12.7. The van der Waals surface area contributed by atoms with E-state index in [4.69, 9.17) is 0 Å². The summed E-state index contributed by atoms with van der Waals surface area (Å²) in [5.74, 6) is -4.94. The summed E-state index contributed by atoms with van der Waals surface area (Å²) in [6, 6.07) is 5.57. The number of halogens is 3. The van der Waals surface area contributed by atoms with Crippen molar-refractivity contribution in [3.63, 3.8) is 0 Å². The molecule has 1 aliphatic rings. The van der Waals surface area contributed by atoms with Gasteiger partial charge in [0.1, 0.15) is 0 Å². The monoisotopic (exact) mass is 344 g/mol. The van der Waals surface area contributed by atoms with Crippen molar-refractivity contribution in [1.82, 2.24) is 0 Å². The molecule has 0 fully saturated rings. The molecule has 0 saturated heterocycles. The van der Waals surface area contributed by atoms with Gasteiger partial charge >= 0.3 is 11.9 Å². The van der Waals surface area contributed by atoms with Crippen LogP contribution in [0.2, 0.25) is 0 Å². The fourth-order valence-electron chi connectivity index (χ4n) is 2.31. The van der Waals surface area contributed by atoms with Crippen molar-refractivity contribution in [2.75, 3.05) is 6.61 Å². The van der Waals surface area contributed by atoms with Crippen LogP contribution in [0.3, 0.4) is 0 Å². The van der Waals surface area contributed by atoms with Crippen LogP contribution in [0.5, 0.6) is 0 Å². The summed E-state index contributed by atoms with van der Waals surface area (Å²) in [5.41, 5.74) is 2.33. The van der Waals surface area contributed by atoms with Gasteiger partial charge in [0.25, 0.3) is 0 Å². The first-order chi connectivity index (χ1) is 9.44. The molecule has 0 unspecified atom stereocenters. The summed E-state index contributed by atoms with van der Waals surface area (Å²) in [7, 11) is 0. The Kier molecular flexibility index (Phi) is 4.58.